The van der Waals surface area contributed by atoms with E-state index in [9.17, 15) is 14.4 Å². The topological polar surface area (TPSA) is 177 Å². The molecule has 3 rings (SSSR count). The van der Waals surface area contributed by atoms with E-state index in [4.69, 9.17) is 25.4 Å². The van der Waals surface area contributed by atoms with Crippen molar-refractivity contribution in [2.45, 2.75) is 39.0 Å². The lowest BCUT2D eigenvalue weighted by molar-refractivity contribution is -0.145. The van der Waals surface area contributed by atoms with Gasteiger partial charge < -0.3 is 19.9 Å². The molecule has 0 bridgehead atoms. The lowest BCUT2D eigenvalue weighted by atomic mass is 10.2. The summed E-state index contributed by atoms with van der Waals surface area (Å²) < 4.78 is 17.3. The monoisotopic (exact) mass is 393 g/mol. The first kappa shape index (κ1) is 19.4. The Morgan fingerprint density at radius 2 is 2.11 bits per heavy atom. The smallest absolute Gasteiger partial charge is 0.361 e. The molecule has 1 aliphatic rings. The number of aromatic nitrogens is 5. The third-order valence-corrected chi connectivity index (χ3v) is 4.04. The fourth-order valence-electron chi connectivity index (χ4n) is 2.84. The second kappa shape index (κ2) is 7.72. The van der Waals surface area contributed by atoms with Gasteiger partial charge in [0, 0.05) is 6.92 Å². The van der Waals surface area contributed by atoms with Crippen molar-refractivity contribution in [1.29, 1.82) is 5.41 Å². The zero-order chi connectivity index (χ0) is 20.4. The second-order valence-electron chi connectivity index (χ2n) is 6.00. The summed E-state index contributed by atoms with van der Waals surface area (Å²) in [6, 6.07) is 0. The van der Waals surface area contributed by atoms with Crippen LogP contribution in [0.3, 0.4) is 0 Å². The van der Waals surface area contributed by atoms with Crippen LogP contribution in [0.25, 0.3) is 11.0 Å². The fraction of sp³-hybridized carbons (Fsp3) is 0.533. The van der Waals surface area contributed by atoms with E-state index < -0.39 is 29.7 Å². The number of nitrogen functional groups attached to an aromatic ring is 1. The number of ether oxygens (including phenoxy) is 3. The van der Waals surface area contributed by atoms with Crippen LogP contribution in [0.1, 0.15) is 43.4 Å². The molecule has 0 spiro atoms. The summed E-state index contributed by atoms with van der Waals surface area (Å²) in [7, 11) is 0. The van der Waals surface area contributed by atoms with E-state index in [0.29, 0.717) is 12.8 Å². The molecule has 2 aromatic rings. The van der Waals surface area contributed by atoms with E-state index in [0.717, 1.165) is 9.36 Å². The second-order valence-corrected chi connectivity index (χ2v) is 6.00. The zero-order valence-electron chi connectivity index (χ0n) is 15.2. The van der Waals surface area contributed by atoms with E-state index >= 15 is 0 Å². The summed E-state index contributed by atoms with van der Waals surface area (Å²) in [5, 5.41) is 19.3. The largest absolute Gasteiger partial charge is 0.463 e. The number of nitrogens with two attached hydrogens (primary N) is 1. The number of nitrogens with one attached hydrogen (secondary N) is 1. The number of hydrogen-bond donors (Lipinski definition) is 2. The van der Waals surface area contributed by atoms with Crippen molar-refractivity contribution in [2.75, 3.05) is 13.2 Å². The highest BCUT2D eigenvalue weighted by atomic mass is 16.6. The molecule has 0 aliphatic carbocycles. The third-order valence-electron chi connectivity index (χ3n) is 4.04. The van der Waals surface area contributed by atoms with Crippen LogP contribution in [-0.2, 0) is 19.0 Å². The lowest BCUT2D eigenvalue weighted by Gasteiger charge is -2.14. The molecule has 3 heterocycles. The van der Waals surface area contributed by atoms with Crippen molar-refractivity contribution >= 4 is 28.9 Å². The molecule has 2 unspecified atom stereocenters. The molecule has 0 amide bonds. The van der Waals surface area contributed by atoms with Gasteiger partial charge >= 0.3 is 11.9 Å². The Balaban J connectivity index is 1.98. The van der Waals surface area contributed by atoms with Gasteiger partial charge in [0.05, 0.1) is 12.7 Å². The number of hydrogen-bond acceptors (Lipinski definition) is 10. The van der Waals surface area contributed by atoms with Crippen molar-refractivity contribution < 1.29 is 23.8 Å². The summed E-state index contributed by atoms with van der Waals surface area (Å²) >= 11 is 0. The van der Waals surface area contributed by atoms with Gasteiger partial charge in [0.1, 0.15) is 6.61 Å². The van der Waals surface area contributed by atoms with Crippen LogP contribution in [-0.4, -0.2) is 62.0 Å². The van der Waals surface area contributed by atoms with Crippen LogP contribution in [0.15, 0.2) is 4.79 Å². The van der Waals surface area contributed by atoms with Crippen molar-refractivity contribution in [3.63, 3.8) is 0 Å². The van der Waals surface area contributed by atoms with Crippen LogP contribution in [0, 0.1) is 5.41 Å². The number of esters is 2. The standard InChI is InChI=1S/C15H19N7O6/c1-3-26-14(25)11-10-12(22(19-11)15(16)17)13(24)21(20-18-10)9-5-4-8(28-9)6-27-7(2)23/h8-9H,3-6H2,1-2H3,(H3,16,17). The van der Waals surface area contributed by atoms with Crippen LogP contribution in [0.4, 0.5) is 0 Å². The van der Waals surface area contributed by atoms with Crippen LogP contribution in [0.2, 0.25) is 0 Å². The molecule has 2 atom stereocenters. The van der Waals surface area contributed by atoms with Crippen molar-refractivity contribution in [3.8, 4) is 0 Å². The Kier molecular flexibility index (Phi) is 5.35. The van der Waals surface area contributed by atoms with Crippen LogP contribution < -0.4 is 11.3 Å². The molecule has 0 aromatic carbocycles. The Bertz CT molecular complexity index is 997. The van der Waals surface area contributed by atoms with Gasteiger partial charge in [0.2, 0.25) is 5.96 Å². The molecular weight excluding hydrogens is 374 g/mol. The molecule has 1 aliphatic heterocycles. The van der Waals surface area contributed by atoms with Gasteiger partial charge in [-0.15, -0.1) is 5.10 Å². The first-order valence-electron chi connectivity index (χ1n) is 8.52. The summed E-state index contributed by atoms with van der Waals surface area (Å²) in [4.78, 5) is 35.9. The average Bonchev–Trinajstić information content (AvgIpc) is 3.25. The van der Waals surface area contributed by atoms with E-state index in [1.54, 1.807) is 6.92 Å². The van der Waals surface area contributed by atoms with Gasteiger partial charge in [-0.3, -0.25) is 15.0 Å². The normalized spacial score (nSPS) is 18.9. The maximum atomic E-state index is 12.9. The van der Waals surface area contributed by atoms with Gasteiger partial charge in [-0.05, 0) is 19.8 Å². The molecule has 1 fully saturated rings. The van der Waals surface area contributed by atoms with E-state index in [1.807, 2.05) is 0 Å². The third kappa shape index (κ3) is 3.55. The molecule has 1 saturated heterocycles. The van der Waals surface area contributed by atoms with E-state index in [2.05, 4.69) is 15.4 Å². The zero-order valence-corrected chi connectivity index (χ0v) is 15.2. The minimum atomic E-state index is -0.808. The van der Waals surface area contributed by atoms with Gasteiger partial charge in [0.15, 0.2) is 23.0 Å². The number of nitrogens with zero attached hydrogens (tertiary/aromatic N) is 5. The lowest BCUT2D eigenvalue weighted by Crippen LogP contribution is -2.32. The van der Waals surface area contributed by atoms with Gasteiger partial charge in [-0.2, -0.15) is 14.5 Å². The minimum Gasteiger partial charge on any atom is -0.463 e. The van der Waals surface area contributed by atoms with Crippen molar-refractivity contribution in [1.82, 2.24) is 24.8 Å². The predicted molar refractivity (Wildman–Crippen MR) is 92.6 cm³/mol. The highest BCUT2D eigenvalue weighted by Crippen LogP contribution is 2.27. The highest BCUT2D eigenvalue weighted by molar-refractivity contribution is 6.02. The van der Waals surface area contributed by atoms with Crippen molar-refractivity contribution in [3.05, 3.63) is 16.0 Å². The van der Waals surface area contributed by atoms with Crippen LogP contribution in [0.5, 0.6) is 0 Å². The van der Waals surface area contributed by atoms with E-state index in [-0.39, 0.29) is 36.0 Å². The van der Waals surface area contributed by atoms with Gasteiger partial charge in [-0.1, -0.05) is 5.21 Å². The summed E-state index contributed by atoms with van der Waals surface area (Å²) in [5.41, 5.74) is 4.24. The molecule has 13 nitrogen and oxygen atoms in total. The van der Waals surface area contributed by atoms with Crippen molar-refractivity contribution in [2.24, 2.45) is 5.73 Å². The number of fused-ring (bicyclic) bond motifs is 1. The Morgan fingerprint density at radius 3 is 2.75 bits per heavy atom. The number of rotatable bonds is 5. The van der Waals surface area contributed by atoms with Gasteiger partial charge in [0.25, 0.3) is 5.56 Å². The summed E-state index contributed by atoms with van der Waals surface area (Å²) in [6.45, 7) is 3.07. The molecular formula is C15H19N7O6. The number of carbonyl (C=O) groups excluding carboxylic acids is 2. The van der Waals surface area contributed by atoms with E-state index in [1.165, 1.54) is 6.92 Å². The maximum absolute atomic E-state index is 12.9. The fourth-order valence-corrected chi connectivity index (χ4v) is 2.84. The number of carbonyl (C=O) groups is 2. The molecule has 150 valence electrons. The Morgan fingerprint density at radius 1 is 1.36 bits per heavy atom. The average molecular weight is 393 g/mol. The quantitative estimate of drug-likeness (QED) is 0.369. The molecule has 0 saturated carbocycles. The van der Waals surface area contributed by atoms with Gasteiger partial charge in [-0.25, -0.2) is 4.79 Å². The molecule has 28 heavy (non-hydrogen) atoms. The molecule has 0 radical (unpaired) electrons. The maximum Gasteiger partial charge on any atom is 0.361 e. The predicted octanol–water partition coefficient (Wildman–Crippen LogP) is -0.853. The molecule has 13 heteroatoms. The first-order valence-corrected chi connectivity index (χ1v) is 8.52. The first-order chi connectivity index (χ1) is 13.3. The summed E-state index contributed by atoms with van der Waals surface area (Å²) in [5.74, 6) is -1.81. The van der Waals surface area contributed by atoms with Crippen LogP contribution >= 0.6 is 0 Å². The molecule has 3 N–H and O–H groups in total. The SMILES string of the molecule is CCOC(=O)c1nn(C(=N)N)c2c(=O)n(C3CCC(COC(C)=O)O3)nnc12. The highest BCUT2D eigenvalue weighted by Gasteiger charge is 2.31. The Labute approximate surface area is 157 Å². The Hall–Kier alpha value is -3.35. The minimum absolute atomic E-state index is 0.0641. The molecule has 2 aromatic heterocycles. The summed E-state index contributed by atoms with van der Waals surface area (Å²) in [6.07, 6.45) is -0.146.